The second-order valence-electron chi connectivity index (χ2n) is 5.87. The fourth-order valence-corrected chi connectivity index (χ4v) is 2.09. The molecule has 0 spiro atoms. The highest BCUT2D eigenvalue weighted by molar-refractivity contribution is 5.92. The van der Waals surface area contributed by atoms with Crippen molar-refractivity contribution >= 4 is 11.9 Å². The zero-order valence-corrected chi connectivity index (χ0v) is 16.2. The van der Waals surface area contributed by atoms with Gasteiger partial charge in [0.2, 0.25) is 5.75 Å². The van der Waals surface area contributed by atoms with Gasteiger partial charge >= 0.3 is 5.97 Å². The Morgan fingerprint density at radius 2 is 1.50 bits per heavy atom. The van der Waals surface area contributed by atoms with E-state index in [2.05, 4.69) is 5.32 Å². The van der Waals surface area contributed by atoms with Crippen LogP contribution in [0.3, 0.4) is 0 Å². The minimum atomic E-state index is -0.630. The maximum atomic E-state index is 12.3. The molecule has 0 heterocycles. The molecule has 0 aliphatic rings. The molecule has 0 aliphatic heterocycles. The summed E-state index contributed by atoms with van der Waals surface area (Å²) in [5, 5.41) is 2.69. The van der Waals surface area contributed by atoms with Crippen LogP contribution in [0, 0.1) is 5.92 Å². The van der Waals surface area contributed by atoms with Crippen molar-refractivity contribution in [3.63, 3.8) is 0 Å². The van der Waals surface area contributed by atoms with E-state index in [1.807, 2.05) is 34.6 Å². The number of carbonyl (C=O) groups is 2. The maximum absolute atomic E-state index is 12.3. The zero-order valence-electron chi connectivity index (χ0n) is 16.2. The van der Waals surface area contributed by atoms with Gasteiger partial charge in [0.15, 0.2) is 18.1 Å². The van der Waals surface area contributed by atoms with Crippen LogP contribution >= 0.6 is 0 Å². The van der Waals surface area contributed by atoms with E-state index >= 15 is 0 Å². The lowest BCUT2D eigenvalue weighted by Crippen LogP contribution is -2.31. The Bertz CT molecular complexity index is 573. The Balaban J connectivity index is 2.92. The molecular formula is C19H29NO6. The highest BCUT2D eigenvalue weighted by Crippen LogP contribution is 2.39. The first-order chi connectivity index (χ1) is 12.4. The molecule has 1 aromatic rings. The molecule has 7 heteroatoms. The molecule has 1 aromatic carbocycles. The molecule has 1 N–H and O–H groups in total. The Kier molecular flexibility index (Phi) is 9.33. The Hall–Kier alpha value is -2.44. The topological polar surface area (TPSA) is 83.1 Å². The lowest BCUT2D eigenvalue weighted by molar-refractivity contribution is -0.124. The van der Waals surface area contributed by atoms with Gasteiger partial charge in [0, 0.05) is 6.54 Å². The molecule has 0 radical (unpaired) electrons. The van der Waals surface area contributed by atoms with Crippen LogP contribution in [0.5, 0.6) is 17.2 Å². The Morgan fingerprint density at radius 1 is 0.962 bits per heavy atom. The number of ether oxygens (including phenoxy) is 4. The molecule has 0 fully saturated rings. The normalized spacial score (nSPS) is 10.4. The van der Waals surface area contributed by atoms with Crippen molar-refractivity contribution in [2.75, 3.05) is 33.0 Å². The number of amides is 1. The maximum Gasteiger partial charge on any atom is 0.338 e. The van der Waals surface area contributed by atoms with E-state index in [0.717, 1.165) is 0 Å². The SMILES string of the molecule is CCOc1cc(C(=O)OCC(=O)NCC(C)C)cc(OCC)c1OCC. The third-order valence-electron chi connectivity index (χ3n) is 3.19. The lowest BCUT2D eigenvalue weighted by atomic mass is 10.2. The van der Waals surface area contributed by atoms with Crippen LogP contribution in [0.4, 0.5) is 0 Å². The predicted molar refractivity (Wildman–Crippen MR) is 98.1 cm³/mol. The van der Waals surface area contributed by atoms with Crippen molar-refractivity contribution in [2.45, 2.75) is 34.6 Å². The number of esters is 1. The summed E-state index contributed by atoms with van der Waals surface area (Å²) < 4.78 is 21.8. The number of carbonyl (C=O) groups excluding carboxylic acids is 2. The van der Waals surface area contributed by atoms with Gasteiger partial charge in [-0.2, -0.15) is 0 Å². The first-order valence-electron chi connectivity index (χ1n) is 8.93. The van der Waals surface area contributed by atoms with Crippen molar-refractivity contribution in [1.29, 1.82) is 0 Å². The summed E-state index contributed by atoms with van der Waals surface area (Å²) in [6.07, 6.45) is 0. The molecule has 0 atom stereocenters. The van der Waals surface area contributed by atoms with Gasteiger partial charge in [0.25, 0.3) is 5.91 Å². The van der Waals surface area contributed by atoms with Gasteiger partial charge in [0.1, 0.15) is 0 Å². The van der Waals surface area contributed by atoms with Gasteiger partial charge in [-0.3, -0.25) is 4.79 Å². The molecule has 26 heavy (non-hydrogen) atoms. The fourth-order valence-electron chi connectivity index (χ4n) is 2.09. The number of rotatable bonds is 11. The molecule has 0 aliphatic carbocycles. The van der Waals surface area contributed by atoms with Crippen molar-refractivity contribution in [3.8, 4) is 17.2 Å². The molecule has 0 unspecified atom stereocenters. The van der Waals surface area contributed by atoms with Gasteiger partial charge in [-0.05, 0) is 38.8 Å². The average molecular weight is 367 g/mol. The highest BCUT2D eigenvalue weighted by atomic mass is 16.5. The predicted octanol–water partition coefficient (Wildman–Crippen LogP) is 2.81. The number of benzene rings is 1. The van der Waals surface area contributed by atoms with Gasteiger partial charge in [-0.15, -0.1) is 0 Å². The standard InChI is InChI=1S/C19H29NO6/c1-6-23-15-9-14(10-16(24-7-2)18(15)25-8-3)19(22)26-12-17(21)20-11-13(4)5/h9-10,13H,6-8,11-12H2,1-5H3,(H,20,21). The zero-order chi connectivity index (χ0) is 19.5. The fraction of sp³-hybridized carbons (Fsp3) is 0.579. The van der Waals surface area contributed by atoms with Crippen molar-refractivity contribution in [3.05, 3.63) is 17.7 Å². The van der Waals surface area contributed by atoms with E-state index in [-0.39, 0.29) is 18.1 Å². The summed E-state index contributed by atoms with van der Waals surface area (Å²) in [5.41, 5.74) is 0.233. The number of hydrogen-bond acceptors (Lipinski definition) is 6. The van der Waals surface area contributed by atoms with Crippen LogP contribution in [-0.4, -0.2) is 44.8 Å². The third kappa shape index (κ3) is 6.82. The van der Waals surface area contributed by atoms with Crippen molar-refractivity contribution in [2.24, 2.45) is 5.92 Å². The number of hydrogen-bond donors (Lipinski definition) is 1. The van der Waals surface area contributed by atoms with E-state index < -0.39 is 5.97 Å². The first-order valence-corrected chi connectivity index (χ1v) is 8.93. The Morgan fingerprint density at radius 3 is 1.96 bits per heavy atom. The van der Waals surface area contributed by atoms with Crippen LogP contribution < -0.4 is 19.5 Å². The second-order valence-corrected chi connectivity index (χ2v) is 5.87. The second kappa shape index (κ2) is 11.2. The minimum Gasteiger partial charge on any atom is -0.490 e. The summed E-state index contributed by atoms with van der Waals surface area (Å²) in [6.45, 7) is 10.9. The van der Waals surface area contributed by atoms with Crippen molar-refractivity contribution in [1.82, 2.24) is 5.32 Å². The quantitative estimate of drug-likeness (QED) is 0.606. The summed E-state index contributed by atoms with van der Waals surface area (Å²) >= 11 is 0. The molecule has 0 bridgehead atoms. The van der Waals surface area contributed by atoms with Crippen LogP contribution in [0.2, 0.25) is 0 Å². The molecule has 146 valence electrons. The van der Waals surface area contributed by atoms with E-state index in [0.29, 0.717) is 49.5 Å². The number of nitrogens with one attached hydrogen (secondary N) is 1. The van der Waals surface area contributed by atoms with Gasteiger partial charge in [-0.1, -0.05) is 13.8 Å². The van der Waals surface area contributed by atoms with Crippen LogP contribution in [-0.2, 0) is 9.53 Å². The average Bonchev–Trinajstić information content (AvgIpc) is 2.60. The van der Waals surface area contributed by atoms with Crippen molar-refractivity contribution < 1.29 is 28.5 Å². The molecule has 1 amide bonds. The van der Waals surface area contributed by atoms with E-state index in [1.165, 1.54) is 12.1 Å². The molecule has 0 aromatic heterocycles. The Labute approximate surface area is 155 Å². The molecule has 7 nitrogen and oxygen atoms in total. The van der Waals surface area contributed by atoms with Gasteiger partial charge in [-0.25, -0.2) is 4.79 Å². The summed E-state index contributed by atoms with van der Waals surface area (Å²) in [6, 6.07) is 3.07. The van der Waals surface area contributed by atoms with E-state index in [9.17, 15) is 9.59 Å². The molecule has 0 saturated carbocycles. The van der Waals surface area contributed by atoms with Crippen LogP contribution in [0.15, 0.2) is 12.1 Å². The van der Waals surface area contributed by atoms with E-state index in [4.69, 9.17) is 18.9 Å². The lowest BCUT2D eigenvalue weighted by Gasteiger charge is -2.16. The molecule has 1 rings (SSSR count). The largest absolute Gasteiger partial charge is 0.490 e. The highest BCUT2D eigenvalue weighted by Gasteiger charge is 2.19. The summed E-state index contributed by atoms with van der Waals surface area (Å²) in [7, 11) is 0. The monoisotopic (exact) mass is 367 g/mol. The van der Waals surface area contributed by atoms with Gasteiger partial charge in [0.05, 0.1) is 25.4 Å². The minimum absolute atomic E-state index is 0.233. The first kappa shape index (κ1) is 21.6. The van der Waals surface area contributed by atoms with Gasteiger partial charge < -0.3 is 24.3 Å². The molecular weight excluding hydrogens is 338 g/mol. The molecule has 0 saturated heterocycles. The summed E-state index contributed by atoms with van der Waals surface area (Å²) in [4.78, 5) is 24.0. The smallest absolute Gasteiger partial charge is 0.338 e. The van der Waals surface area contributed by atoms with Crippen LogP contribution in [0.1, 0.15) is 45.0 Å². The van der Waals surface area contributed by atoms with E-state index in [1.54, 1.807) is 0 Å². The third-order valence-corrected chi connectivity index (χ3v) is 3.19. The summed E-state index contributed by atoms with van der Waals surface area (Å²) in [5.74, 6) is 0.599. The van der Waals surface area contributed by atoms with Crippen LogP contribution in [0.25, 0.3) is 0 Å².